The second-order valence-corrected chi connectivity index (χ2v) is 4.49. The Morgan fingerprint density at radius 1 is 1.26 bits per heavy atom. The highest BCUT2D eigenvalue weighted by atomic mass is 16.5. The first kappa shape index (κ1) is 12.0. The number of carbonyl (C=O) groups excluding carboxylic acids is 1. The van der Waals surface area contributed by atoms with Gasteiger partial charge in [0, 0.05) is 30.7 Å². The fraction of sp³-hybridized carbons (Fsp3) is 0.357. The average molecular weight is 260 g/mol. The lowest BCUT2D eigenvalue weighted by Gasteiger charge is -2.27. The molecule has 1 saturated heterocycles. The second kappa shape index (κ2) is 4.93. The maximum atomic E-state index is 12.5. The second-order valence-electron chi connectivity index (χ2n) is 4.49. The Hall–Kier alpha value is -2.01. The molecule has 0 saturated carbocycles. The lowest BCUT2D eigenvalue weighted by molar-refractivity contribution is 0.0538. The molecule has 5 heteroatoms. The van der Waals surface area contributed by atoms with Gasteiger partial charge in [0.05, 0.1) is 25.8 Å². The summed E-state index contributed by atoms with van der Waals surface area (Å²) in [6.45, 7) is 2.49. The molecule has 1 aromatic carbocycles. The summed E-state index contributed by atoms with van der Waals surface area (Å²) in [7, 11) is 1.62. The molecular formula is C14H16N2O3. The zero-order valence-electron chi connectivity index (χ0n) is 10.8. The summed E-state index contributed by atoms with van der Waals surface area (Å²) in [4.78, 5) is 14.3. The van der Waals surface area contributed by atoms with Crippen LogP contribution >= 0.6 is 0 Å². The fourth-order valence-corrected chi connectivity index (χ4v) is 2.31. The summed E-state index contributed by atoms with van der Waals surface area (Å²) in [5.41, 5.74) is 0.871. The normalized spacial score (nSPS) is 15.7. The molecule has 0 atom stereocenters. The monoisotopic (exact) mass is 260 g/mol. The molecular weight excluding hydrogens is 244 g/mol. The molecule has 19 heavy (non-hydrogen) atoms. The van der Waals surface area contributed by atoms with Gasteiger partial charge < -0.3 is 14.4 Å². The van der Waals surface area contributed by atoms with Crippen molar-refractivity contribution in [1.82, 2.24) is 9.47 Å². The van der Waals surface area contributed by atoms with E-state index in [2.05, 4.69) is 0 Å². The summed E-state index contributed by atoms with van der Waals surface area (Å²) in [5, 5.41) is 1.03. The molecule has 0 bridgehead atoms. The van der Waals surface area contributed by atoms with E-state index in [1.165, 1.54) is 0 Å². The molecule has 2 aromatic rings. The fourth-order valence-electron chi connectivity index (χ4n) is 2.31. The van der Waals surface area contributed by atoms with Crippen LogP contribution in [-0.4, -0.2) is 48.9 Å². The van der Waals surface area contributed by atoms with Crippen molar-refractivity contribution in [3.8, 4) is 5.75 Å². The van der Waals surface area contributed by atoms with Crippen LogP contribution in [0.5, 0.6) is 5.75 Å². The zero-order valence-corrected chi connectivity index (χ0v) is 10.8. The van der Waals surface area contributed by atoms with Crippen LogP contribution in [0.2, 0.25) is 0 Å². The molecule has 0 aliphatic carbocycles. The van der Waals surface area contributed by atoms with Crippen LogP contribution in [0.15, 0.2) is 30.5 Å². The van der Waals surface area contributed by atoms with Crippen molar-refractivity contribution >= 4 is 16.9 Å². The van der Waals surface area contributed by atoms with Crippen molar-refractivity contribution in [1.29, 1.82) is 0 Å². The number of nitrogens with zero attached hydrogens (tertiary/aromatic N) is 2. The lowest BCUT2D eigenvalue weighted by atomic mass is 10.2. The predicted octanol–water partition coefficient (Wildman–Crippen LogP) is 1.95. The third-order valence-electron chi connectivity index (χ3n) is 3.39. The van der Waals surface area contributed by atoms with Gasteiger partial charge in [0.15, 0.2) is 0 Å². The van der Waals surface area contributed by atoms with E-state index < -0.39 is 0 Å². The predicted molar refractivity (Wildman–Crippen MR) is 71.7 cm³/mol. The number of morpholine rings is 1. The van der Waals surface area contributed by atoms with Gasteiger partial charge in [-0.3, -0.25) is 4.57 Å². The highest BCUT2D eigenvalue weighted by Crippen LogP contribution is 2.22. The molecule has 3 rings (SSSR count). The van der Waals surface area contributed by atoms with Crippen LogP contribution in [0, 0.1) is 0 Å². The van der Waals surface area contributed by atoms with E-state index in [9.17, 15) is 4.79 Å². The molecule has 0 N–H and O–H groups in total. The number of carbonyl (C=O) groups is 1. The van der Waals surface area contributed by atoms with Gasteiger partial charge in [-0.1, -0.05) is 0 Å². The smallest absolute Gasteiger partial charge is 0.328 e. The Kier molecular flexibility index (Phi) is 3.13. The van der Waals surface area contributed by atoms with Crippen LogP contribution < -0.4 is 4.74 Å². The summed E-state index contributed by atoms with van der Waals surface area (Å²) in [5.74, 6) is 0.752. The van der Waals surface area contributed by atoms with Gasteiger partial charge in [-0.05, 0) is 18.2 Å². The highest BCUT2D eigenvalue weighted by Gasteiger charge is 2.19. The number of aromatic nitrogens is 1. The van der Waals surface area contributed by atoms with Crippen LogP contribution in [0.25, 0.3) is 10.9 Å². The molecule has 1 fully saturated rings. The molecule has 5 nitrogen and oxygen atoms in total. The SMILES string of the molecule is COc1ccc2ccn(C(=O)N3CCOCC3)c2c1. The zero-order chi connectivity index (χ0) is 13.2. The van der Waals surface area contributed by atoms with Crippen molar-refractivity contribution in [2.75, 3.05) is 33.4 Å². The van der Waals surface area contributed by atoms with E-state index in [1.807, 2.05) is 35.4 Å². The van der Waals surface area contributed by atoms with E-state index in [-0.39, 0.29) is 6.03 Å². The van der Waals surface area contributed by atoms with Gasteiger partial charge in [-0.2, -0.15) is 0 Å². The number of hydrogen-bond acceptors (Lipinski definition) is 3. The lowest BCUT2D eigenvalue weighted by Crippen LogP contribution is -2.42. The van der Waals surface area contributed by atoms with Crippen molar-refractivity contribution in [3.05, 3.63) is 30.5 Å². The van der Waals surface area contributed by atoms with Crippen molar-refractivity contribution in [2.24, 2.45) is 0 Å². The average Bonchev–Trinajstić information content (AvgIpc) is 2.90. The van der Waals surface area contributed by atoms with E-state index in [0.29, 0.717) is 26.3 Å². The molecule has 1 amide bonds. The standard InChI is InChI=1S/C14H16N2O3/c1-18-12-3-2-11-4-5-16(13(11)10-12)14(17)15-6-8-19-9-7-15/h2-5,10H,6-9H2,1H3. The summed E-state index contributed by atoms with van der Waals surface area (Å²) in [6, 6.07) is 7.66. The number of amides is 1. The van der Waals surface area contributed by atoms with E-state index >= 15 is 0 Å². The van der Waals surface area contributed by atoms with Gasteiger partial charge in [0.25, 0.3) is 0 Å². The Balaban J connectivity index is 1.97. The minimum Gasteiger partial charge on any atom is -0.497 e. The maximum absolute atomic E-state index is 12.5. The molecule has 2 heterocycles. The van der Waals surface area contributed by atoms with E-state index in [0.717, 1.165) is 16.7 Å². The maximum Gasteiger partial charge on any atom is 0.328 e. The van der Waals surface area contributed by atoms with Crippen LogP contribution in [0.3, 0.4) is 0 Å². The largest absolute Gasteiger partial charge is 0.497 e. The molecule has 0 unspecified atom stereocenters. The molecule has 1 aliphatic rings. The molecule has 1 aromatic heterocycles. The Morgan fingerprint density at radius 3 is 2.79 bits per heavy atom. The van der Waals surface area contributed by atoms with Gasteiger partial charge in [-0.15, -0.1) is 0 Å². The number of fused-ring (bicyclic) bond motifs is 1. The number of hydrogen-bond donors (Lipinski definition) is 0. The summed E-state index contributed by atoms with van der Waals surface area (Å²) in [6.07, 6.45) is 1.81. The van der Waals surface area contributed by atoms with E-state index in [4.69, 9.17) is 9.47 Å². The van der Waals surface area contributed by atoms with Gasteiger partial charge >= 0.3 is 6.03 Å². The Bertz CT molecular complexity index is 600. The van der Waals surface area contributed by atoms with Crippen LogP contribution in [0.1, 0.15) is 0 Å². The van der Waals surface area contributed by atoms with Crippen LogP contribution in [-0.2, 0) is 4.74 Å². The first-order valence-corrected chi connectivity index (χ1v) is 6.32. The van der Waals surface area contributed by atoms with Crippen molar-refractivity contribution in [2.45, 2.75) is 0 Å². The number of rotatable bonds is 1. The summed E-state index contributed by atoms with van der Waals surface area (Å²) < 4.78 is 12.2. The molecule has 0 spiro atoms. The highest BCUT2D eigenvalue weighted by molar-refractivity contribution is 5.92. The topological polar surface area (TPSA) is 43.7 Å². The first-order chi connectivity index (χ1) is 9.29. The van der Waals surface area contributed by atoms with Gasteiger partial charge in [0.1, 0.15) is 5.75 Å². The minimum absolute atomic E-state index is 0.00782. The van der Waals surface area contributed by atoms with Crippen molar-refractivity contribution in [3.63, 3.8) is 0 Å². The van der Waals surface area contributed by atoms with Gasteiger partial charge in [-0.25, -0.2) is 4.79 Å². The molecule has 100 valence electrons. The number of methoxy groups -OCH3 is 1. The Labute approximate surface area is 111 Å². The van der Waals surface area contributed by atoms with Crippen LogP contribution in [0.4, 0.5) is 4.79 Å². The Morgan fingerprint density at radius 2 is 2.05 bits per heavy atom. The quantitative estimate of drug-likeness (QED) is 0.787. The van der Waals surface area contributed by atoms with E-state index in [1.54, 1.807) is 11.7 Å². The molecule has 0 radical (unpaired) electrons. The number of ether oxygens (including phenoxy) is 2. The third-order valence-corrected chi connectivity index (χ3v) is 3.39. The third kappa shape index (κ3) is 2.17. The first-order valence-electron chi connectivity index (χ1n) is 6.32. The molecule has 1 aliphatic heterocycles. The number of benzene rings is 1. The van der Waals surface area contributed by atoms with Gasteiger partial charge in [0.2, 0.25) is 0 Å². The summed E-state index contributed by atoms with van der Waals surface area (Å²) >= 11 is 0. The minimum atomic E-state index is -0.00782. The van der Waals surface area contributed by atoms with Crippen molar-refractivity contribution < 1.29 is 14.3 Å².